The second kappa shape index (κ2) is 69.0. The van der Waals surface area contributed by atoms with Gasteiger partial charge in [-0.25, -0.2) is 0 Å². The molecule has 0 spiro atoms. The van der Waals surface area contributed by atoms with Gasteiger partial charge in [-0.05, 0) is 122 Å². The summed E-state index contributed by atoms with van der Waals surface area (Å²) in [7, 11) is 0. The first-order valence-electron chi connectivity index (χ1n) is 34.2. The van der Waals surface area contributed by atoms with Crippen LogP contribution in [0, 0.1) is 0 Å². The van der Waals surface area contributed by atoms with Crippen LogP contribution in [-0.4, -0.2) is 37.2 Å². The van der Waals surface area contributed by atoms with E-state index < -0.39 is 6.10 Å². The van der Waals surface area contributed by atoms with E-state index in [1.54, 1.807) is 0 Å². The summed E-state index contributed by atoms with van der Waals surface area (Å²) in [4.78, 5) is 38.1. The van der Waals surface area contributed by atoms with E-state index in [4.69, 9.17) is 14.2 Å². The van der Waals surface area contributed by atoms with Crippen molar-refractivity contribution < 1.29 is 28.6 Å². The van der Waals surface area contributed by atoms with Gasteiger partial charge in [-0.3, -0.25) is 14.4 Å². The maximum absolute atomic E-state index is 12.9. The fraction of sp³-hybridized carbons (Fsp3) is 0.671. The molecule has 0 aromatic carbocycles. The highest BCUT2D eigenvalue weighted by Crippen LogP contribution is 2.16. The number of unbranched alkanes of at least 4 members (excludes halogenated alkanes) is 28. The Morgan fingerprint density at radius 2 is 0.476 bits per heavy atom. The fourth-order valence-corrected chi connectivity index (χ4v) is 9.29. The molecule has 466 valence electrons. The quantitative estimate of drug-likeness (QED) is 0.0261. The molecule has 0 aromatic heterocycles. The molecule has 0 N–H and O–H groups in total. The minimum Gasteiger partial charge on any atom is -0.462 e. The highest BCUT2D eigenvalue weighted by atomic mass is 16.6. The minimum absolute atomic E-state index is 0.0853. The van der Waals surface area contributed by atoms with Gasteiger partial charge in [-0.1, -0.05) is 302 Å². The van der Waals surface area contributed by atoms with Crippen LogP contribution in [0.25, 0.3) is 0 Å². The first-order valence-corrected chi connectivity index (χ1v) is 34.2. The Balaban J connectivity index is 4.13. The molecule has 0 aliphatic carbocycles. The van der Waals surface area contributed by atoms with E-state index in [2.05, 4.69) is 154 Å². The van der Waals surface area contributed by atoms with Crippen molar-refractivity contribution in [1.29, 1.82) is 0 Å². The van der Waals surface area contributed by atoms with Gasteiger partial charge in [-0.15, -0.1) is 0 Å². The van der Waals surface area contributed by atoms with Gasteiger partial charge in [0.05, 0.1) is 0 Å². The van der Waals surface area contributed by atoms with Crippen LogP contribution in [0.3, 0.4) is 0 Å². The number of ether oxygens (including phenoxy) is 3. The average Bonchev–Trinajstić information content (AvgIpc) is 3.47. The first kappa shape index (κ1) is 77.5. The van der Waals surface area contributed by atoms with Crippen molar-refractivity contribution in [2.24, 2.45) is 0 Å². The van der Waals surface area contributed by atoms with Gasteiger partial charge in [0.15, 0.2) is 6.10 Å². The predicted octanol–water partition coefficient (Wildman–Crippen LogP) is 23.7. The zero-order valence-corrected chi connectivity index (χ0v) is 53.5. The maximum atomic E-state index is 12.9. The van der Waals surface area contributed by atoms with Crippen molar-refractivity contribution in [3.8, 4) is 0 Å². The number of esters is 3. The van der Waals surface area contributed by atoms with Gasteiger partial charge >= 0.3 is 17.9 Å². The molecule has 0 aliphatic rings. The molecule has 0 radical (unpaired) electrons. The van der Waals surface area contributed by atoms with Gasteiger partial charge < -0.3 is 14.2 Å². The molecule has 0 aliphatic heterocycles. The Bertz CT molecular complexity index is 1730. The molecule has 0 bridgehead atoms. The molecular formula is C76H126O6. The summed E-state index contributed by atoms with van der Waals surface area (Å²) >= 11 is 0. The van der Waals surface area contributed by atoms with Gasteiger partial charge in [0.2, 0.25) is 0 Å². The smallest absolute Gasteiger partial charge is 0.306 e. The fourth-order valence-electron chi connectivity index (χ4n) is 9.29. The highest BCUT2D eigenvalue weighted by molar-refractivity contribution is 5.71. The largest absolute Gasteiger partial charge is 0.462 e. The molecular weight excluding hydrogens is 1010 g/mol. The predicted molar refractivity (Wildman–Crippen MR) is 357 cm³/mol. The summed E-state index contributed by atoms with van der Waals surface area (Å²) in [6.07, 6.45) is 97.9. The van der Waals surface area contributed by atoms with Crippen molar-refractivity contribution in [2.45, 2.75) is 316 Å². The number of allylic oxidation sites excluding steroid dienone is 22. The van der Waals surface area contributed by atoms with Crippen LogP contribution in [0.4, 0.5) is 0 Å². The lowest BCUT2D eigenvalue weighted by molar-refractivity contribution is -0.167. The molecule has 1 atom stereocenters. The minimum atomic E-state index is -0.787. The van der Waals surface area contributed by atoms with Crippen molar-refractivity contribution in [3.05, 3.63) is 134 Å². The molecule has 0 saturated carbocycles. The molecule has 0 saturated heterocycles. The molecule has 6 nitrogen and oxygen atoms in total. The van der Waals surface area contributed by atoms with Crippen LogP contribution in [0.5, 0.6) is 0 Å². The van der Waals surface area contributed by atoms with E-state index in [1.807, 2.05) is 0 Å². The number of rotatable bonds is 61. The van der Waals surface area contributed by atoms with E-state index in [-0.39, 0.29) is 31.1 Å². The van der Waals surface area contributed by atoms with Crippen molar-refractivity contribution in [1.82, 2.24) is 0 Å². The molecule has 82 heavy (non-hydrogen) atoms. The van der Waals surface area contributed by atoms with Crippen LogP contribution in [0.15, 0.2) is 134 Å². The summed E-state index contributed by atoms with van der Waals surface area (Å²) in [5.41, 5.74) is 0. The second-order valence-corrected chi connectivity index (χ2v) is 22.4. The lowest BCUT2D eigenvalue weighted by atomic mass is 10.0. The Morgan fingerprint density at radius 3 is 0.744 bits per heavy atom. The van der Waals surface area contributed by atoms with E-state index >= 15 is 0 Å². The highest BCUT2D eigenvalue weighted by Gasteiger charge is 2.19. The first-order chi connectivity index (χ1) is 40.5. The molecule has 6 heteroatoms. The van der Waals surface area contributed by atoms with E-state index in [0.717, 1.165) is 135 Å². The SMILES string of the molecule is CC/C=C\C/C=C\C/C=C\C/C=C\C/C=C\C/C=C\C/C=C\C/C=C\CCCCCCCCC(=O)OCC(COC(=O)CCCCCCCC)OC(=O)CCCCCCCCCCCCCC/C=C\C/C=C\C/C=C\CCCCCCC. The van der Waals surface area contributed by atoms with Crippen molar-refractivity contribution >= 4 is 17.9 Å². The van der Waals surface area contributed by atoms with Crippen molar-refractivity contribution in [2.75, 3.05) is 13.2 Å². The number of hydrogen-bond acceptors (Lipinski definition) is 6. The summed E-state index contributed by atoms with van der Waals surface area (Å²) in [6.45, 7) is 6.45. The summed E-state index contributed by atoms with van der Waals surface area (Å²) in [6, 6.07) is 0. The zero-order chi connectivity index (χ0) is 59.2. The van der Waals surface area contributed by atoms with Crippen molar-refractivity contribution in [3.63, 3.8) is 0 Å². The molecule has 0 amide bonds. The Labute approximate surface area is 506 Å². The van der Waals surface area contributed by atoms with Gasteiger partial charge in [-0.2, -0.15) is 0 Å². The van der Waals surface area contributed by atoms with E-state index in [0.29, 0.717) is 19.3 Å². The third-order valence-electron chi connectivity index (χ3n) is 14.4. The maximum Gasteiger partial charge on any atom is 0.306 e. The van der Waals surface area contributed by atoms with Crippen LogP contribution < -0.4 is 0 Å². The lowest BCUT2D eigenvalue weighted by Crippen LogP contribution is -2.30. The zero-order valence-electron chi connectivity index (χ0n) is 53.5. The van der Waals surface area contributed by atoms with Crippen LogP contribution in [0.1, 0.15) is 310 Å². The Hall–Kier alpha value is -4.45. The van der Waals surface area contributed by atoms with Gasteiger partial charge in [0, 0.05) is 19.3 Å². The Morgan fingerprint density at radius 1 is 0.256 bits per heavy atom. The normalized spacial score (nSPS) is 13.0. The number of hydrogen-bond donors (Lipinski definition) is 0. The molecule has 1 unspecified atom stereocenters. The second-order valence-electron chi connectivity index (χ2n) is 22.4. The van der Waals surface area contributed by atoms with Crippen LogP contribution in [0.2, 0.25) is 0 Å². The third-order valence-corrected chi connectivity index (χ3v) is 14.4. The van der Waals surface area contributed by atoms with Crippen LogP contribution in [-0.2, 0) is 28.6 Å². The monoisotopic (exact) mass is 1130 g/mol. The van der Waals surface area contributed by atoms with Gasteiger partial charge in [0.25, 0.3) is 0 Å². The third kappa shape index (κ3) is 66.4. The van der Waals surface area contributed by atoms with Crippen LogP contribution >= 0.6 is 0 Å². The van der Waals surface area contributed by atoms with E-state index in [9.17, 15) is 14.4 Å². The summed E-state index contributed by atoms with van der Waals surface area (Å²) < 4.78 is 16.8. The molecule has 0 rings (SSSR count). The lowest BCUT2D eigenvalue weighted by Gasteiger charge is -2.18. The number of carbonyl (C=O) groups is 3. The molecule has 0 aromatic rings. The summed E-state index contributed by atoms with van der Waals surface area (Å²) in [5.74, 6) is -0.908. The molecule has 0 heterocycles. The average molecular weight is 1140 g/mol. The molecule has 0 fully saturated rings. The Kier molecular flexibility index (Phi) is 65.3. The topological polar surface area (TPSA) is 78.9 Å². The summed E-state index contributed by atoms with van der Waals surface area (Å²) in [5, 5.41) is 0. The van der Waals surface area contributed by atoms with E-state index in [1.165, 1.54) is 135 Å². The standard InChI is InChI=1S/C76H126O6/c1-4-7-10-13-16-18-20-22-24-26-28-30-32-34-36-37-38-39-41-42-44-46-48-50-52-54-56-58-60-63-66-69-75(78)81-72-73(71-80-74(77)68-65-62-15-12-9-6-3)82-76(79)70-67-64-61-59-57-55-53-51-49-47-45-43-40-35-33-31-29-27-25-23-21-19-17-14-11-8-5-2/h7,10,16,18,21-24,27-30,33-36,38-39,42,44,48,50,73H,4-6,8-9,11-15,17,19-20,25-26,31-32,37,40-41,43,45-47,49,51-72H2,1-3H3/b10-7-,18-16-,23-21-,24-22-,29-27-,30-28-,35-33-,36-34-,39-38-,44-42-,50-48-. The number of carbonyl (C=O) groups excluding carboxylic acids is 3. The van der Waals surface area contributed by atoms with Gasteiger partial charge in [0.1, 0.15) is 13.2 Å².